The van der Waals surface area contributed by atoms with Crippen molar-refractivity contribution in [2.24, 2.45) is 5.92 Å². The Labute approximate surface area is 279 Å². The van der Waals surface area contributed by atoms with Gasteiger partial charge in [0.15, 0.2) is 0 Å². The van der Waals surface area contributed by atoms with Gasteiger partial charge in [0.2, 0.25) is 15.9 Å². The second kappa shape index (κ2) is 17.3. The maximum Gasteiger partial charge on any atom is 0.408 e. The lowest BCUT2D eigenvalue weighted by Crippen LogP contribution is -2.51. The molecule has 0 bridgehead atoms. The minimum absolute atomic E-state index is 0.0310. The van der Waals surface area contributed by atoms with Crippen LogP contribution in [0.2, 0.25) is 0 Å². The molecule has 0 saturated carbocycles. The van der Waals surface area contributed by atoms with Crippen LogP contribution in [0.25, 0.3) is 0 Å². The van der Waals surface area contributed by atoms with Gasteiger partial charge in [0.1, 0.15) is 11.6 Å². The van der Waals surface area contributed by atoms with Gasteiger partial charge >= 0.3 is 6.09 Å². The molecule has 0 aliphatic rings. The molecule has 256 valence electrons. The molecule has 0 unspecified atom stereocenters. The number of carbonyl (C=O) groups is 2. The lowest BCUT2D eigenvalue weighted by molar-refractivity contribution is -0.123. The number of benzene rings is 3. The molecule has 0 aliphatic carbocycles. The number of unbranched alkanes of at least 4 members (excludes halogenated alkanes) is 1. The number of aliphatic hydroxyl groups excluding tert-OH is 1. The molecular formula is C36H50N4O6S. The summed E-state index contributed by atoms with van der Waals surface area (Å²) in [5.41, 5.74) is 7.18. The molecule has 0 radical (unpaired) electrons. The highest BCUT2D eigenvalue weighted by Gasteiger charge is 2.34. The summed E-state index contributed by atoms with van der Waals surface area (Å²) in [7, 11) is -3.88. The van der Waals surface area contributed by atoms with E-state index in [9.17, 15) is 23.1 Å². The predicted molar refractivity (Wildman–Crippen MR) is 185 cm³/mol. The Kier molecular flexibility index (Phi) is 13.8. The van der Waals surface area contributed by atoms with Crippen molar-refractivity contribution < 1.29 is 27.9 Å². The van der Waals surface area contributed by atoms with Crippen LogP contribution in [0.15, 0.2) is 89.8 Å². The molecule has 0 heterocycles. The Morgan fingerprint density at radius 1 is 0.894 bits per heavy atom. The van der Waals surface area contributed by atoms with E-state index in [1.807, 2.05) is 74.5 Å². The summed E-state index contributed by atoms with van der Waals surface area (Å²) in [6.45, 7) is 9.32. The lowest BCUT2D eigenvalue weighted by Gasteiger charge is -2.31. The fourth-order valence-electron chi connectivity index (χ4n) is 5.36. The van der Waals surface area contributed by atoms with Crippen molar-refractivity contribution in [3.8, 4) is 0 Å². The predicted octanol–water partition coefficient (Wildman–Crippen LogP) is 5.29. The highest BCUT2D eigenvalue weighted by atomic mass is 32.2. The number of aliphatic hydroxyl groups is 1. The molecule has 3 aromatic rings. The zero-order valence-corrected chi connectivity index (χ0v) is 28.9. The average molecular weight is 667 g/mol. The Morgan fingerprint density at radius 3 is 1.94 bits per heavy atom. The summed E-state index contributed by atoms with van der Waals surface area (Å²) in [5, 5.41) is 16.1. The molecule has 11 heteroatoms. The van der Waals surface area contributed by atoms with Crippen molar-refractivity contribution in [3.05, 3.63) is 96.1 Å². The Hall–Kier alpha value is -3.93. The quantitative estimate of drug-likeness (QED) is 0.120. The zero-order chi connectivity index (χ0) is 34.6. The van der Waals surface area contributed by atoms with Gasteiger partial charge in [-0.15, -0.1) is 0 Å². The van der Waals surface area contributed by atoms with Gasteiger partial charge in [0.05, 0.1) is 11.5 Å². The van der Waals surface area contributed by atoms with E-state index in [1.165, 1.54) is 16.4 Å². The average Bonchev–Trinajstić information content (AvgIpc) is 3.01. The van der Waals surface area contributed by atoms with Crippen molar-refractivity contribution in [2.75, 3.05) is 25.4 Å². The van der Waals surface area contributed by atoms with Crippen LogP contribution in [0, 0.1) is 5.92 Å². The van der Waals surface area contributed by atoms with Gasteiger partial charge in [-0.25, -0.2) is 13.2 Å². The van der Waals surface area contributed by atoms with E-state index in [-0.39, 0.29) is 36.4 Å². The van der Waals surface area contributed by atoms with Crippen molar-refractivity contribution in [1.29, 1.82) is 0 Å². The zero-order valence-electron chi connectivity index (χ0n) is 28.1. The normalized spacial score (nSPS) is 13.4. The molecule has 0 spiro atoms. The maximum absolute atomic E-state index is 13.8. The van der Waals surface area contributed by atoms with Crippen LogP contribution in [-0.2, 0) is 19.6 Å². The third kappa shape index (κ3) is 11.4. The first-order chi connectivity index (χ1) is 22.2. The van der Waals surface area contributed by atoms with E-state index in [2.05, 4.69) is 10.6 Å². The Bertz CT molecular complexity index is 1470. The molecule has 0 saturated heterocycles. The molecule has 0 aromatic heterocycles. The molecule has 0 aliphatic heterocycles. The van der Waals surface area contributed by atoms with Crippen LogP contribution in [0.4, 0.5) is 10.5 Å². The topological polar surface area (TPSA) is 151 Å². The van der Waals surface area contributed by atoms with Crippen LogP contribution in [0.1, 0.15) is 70.9 Å². The summed E-state index contributed by atoms with van der Waals surface area (Å²) in [6.07, 6.45) is 0.763. The summed E-state index contributed by atoms with van der Waals surface area (Å²) < 4.78 is 34.0. The first-order valence-electron chi connectivity index (χ1n) is 16.1. The number of anilines is 1. The monoisotopic (exact) mass is 666 g/mol. The smallest absolute Gasteiger partial charge is 0.408 e. The third-order valence-corrected chi connectivity index (χ3v) is 9.45. The minimum Gasteiger partial charge on any atom is -0.444 e. The number of nitrogens with zero attached hydrogens (tertiary/aromatic N) is 1. The van der Waals surface area contributed by atoms with E-state index in [1.54, 1.807) is 32.9 Å². The summed E-state index contributed by atoms with van der Waals surface area (Å²) in [6, 6.07) is 23.4. The number of carbonyl (C=O) groups excluding carboxylic acids is 2. The van der Waals surface area contributed by atoms with Gasteiger partial charge < -0.3 is 26.2 Å². The van der Waals surface area contributed by atoms with E-state index in [0.29, 0.717) is 24.9 Å². The Balaban J connectivity index is 1.74. The van der Waals surface area contributed by atoms with Crippen LogP contribution >= 0.6 is 0 Å². The molecule has 3 aromatic carbocycles. The lowest BCUT2D eigenvalue weighted by atomic mass is 9.84. The third-order valence-electron chi connectivity index (χ3n) is 7.52. The van der Waals surface area contributed by atoms with Gasteiger partial charge in [-0.2, -0.15) is 4.31 Å². The maximum atomic E-state index is 13.8. The molecule has 3 rings (SSSR count). The van der Waals surface area contributed by atoms with Crippen molar-refractivity contribution in [1.82, 2.24) is 14.9 Å². The number of alkyl carbamates (subject to hydrolysis) is 1. The summed E-state index contributed by atoms with van der Waals surface area (Å²) in [4.78, 5) is 26.9. The number of nitrogen functional groups attached to an aromatic ring is 1. The number of ether oxygens (including phenoxy) is 1. The number of hydrogen-bond acceptors (Lipinski definition) is 7. The summed E-state index contributed by atoms with van der Waals surface area (Å²) in [5.74, 6) is -0.838. The van der Waals surface area contributed by atoms with Crippen molar-refractivity contribution in [2.45, 2.75) is 82.4 Å². The van der Waals surface area contributed by atoms with Crippen LogP contribution < -0.4 is 16.4 Å². The standard InChI is InChI=1S/C36H50N4O6S/c1-26(2)24-40(47(44,45)31-21-19-29(37)20-22-31)30(25-41)18-12-13-23-38-34(42)33(39-35(43)46-36(3,4)5)32(27-14-8-6-9-15-27)28-16-10-7-11-17-28/h6-11,14-17,19-22,26,30,32-33,41H,12-13,18,23-25,37H2,1-5H3,(H,38,42)(H,39,43)/t30-,33-/m0/s1. The number of hydrogen-bond donors (Lipinski definition) is 4. The number of sulfonamides is 1. The summed E-state index contributed by atoms with van der Waals surface area (Å²) >= 11 is 0. The van der Waals surface area contributed by atoms with E-state index in [0.717, 1.165) is 11.1 Å². The SMILES string of the molecule is CC(C)CN([C@H](CO)CCCCNC(=O)[C@@H](NC(=O)OC(C)(C)C)C(c1ccccc1)c1ccccc1)S(=O)(=O)c1ccc(N)cc1. The number of rotatable bonds is 16. The highest BCUT2D eigenvalue weighted by Crippen LogP contribution is 2.29. The fourth-order valence-corrected chi connectivity index (χ4v) is 7.17. The van der Waals surface area contributed by atoms with Crippen LogP contribution in [0.3, 0.4) is 0 Å². The molecule has 5 N–H and O–H groups in total. The minimum atomic E-state index is -3.88. The first-order valence-corrected chi connectivity index (χ1v) is 17.5. The largest absolute Gasteiger partial charge is 0.444 e. The molecule has 0 fully saturated rings. The fraction of sp³-hybridized carbons (Fsp3) is 0.444. The number of nitrogens with one attached hydrogen (secondary N) is 2. The second-order valence-electron chi connectivity index (χ2n) is 13.1. The van der Waals surface area contributed by atoms with E-state index < -0.39 is 39.7 Å². The van der Waals surface area contributed by atoms with Gasteiger partial charge in [-0.1, -0.05) is 80.9 Å². The molecule has 2 atom stereocenters. The number of amides is 2. The Morgan fingerprint density at radius 2 is 1.45 bits per heavy atom. The molecule has 10 nitrogen and oxygen atoms in total. The van der Waals surface area contributed by atoms with E-state index in [4.69, 9.17) is 10.5 Å². The van der Waals surface area contributed by atoms with Crippen molar-refractivity contribution in [3.63, 3.8) is 0 Å². The van der Waals surface area contributed by atoms with Crippen molar-refractivity contribution >= 4 is 27.7 Å². The van der Waals surface area contributed by atoms with Gasteiger partial charge in [-0.3, -0.25) is 4.79 Å². The van der Waals surface area contributed by atoms with Crippen LogP contribution in [-0.4, -0.2) is 67.2 Å². The first kappa shape index (κ1) is 37.5. The molecule has 2 amide bonds. The number of nitrogens with two attached hydrogens (primary N) is 1. The van der Waals surface area contributed by atoms with Gasteiger partial charge in [-0.05, 0) is 74.9 Å². The van der Waals surface area contributed by atoms with Gasteiger partial charge in [0.25, 0.3) is 0 Å². The molecule has 47 heavy (non-hydrogen) atoms. The second-order valence-corrected chi connectivity index (χ2v) is 15.0. The molecular weight excluding hydrogens is 616 g/mol. The van der Waals surface area contributed by atoms with Crippen LogP contribution in [0.5, 0.6) is 0 Å². The van der Waals surface area contributed by atoms with E-state index >= 15 is 0 Å². The highest BCUT2D eigenvalue weighted by molar-refractivity contribution is 7.89. The van der Waals surface area contributed by atoms with Gasteiger partial charge in [0, 0.05) is 30.7 Å².